The van der Waals surface area contributed by atoms with Crippen molar-refractivity contribution in [3.05, 3.63) is 57.1 Å². The highest BCUT2D eigenvalue weighted by Crippen LogP contribution is 2.15. The van der Waals surface area contributed by atoms with Gasteiger partial charge >= 0.3 is 0 Å². The lowest BCUT2D eigenvalue weighted by Crippen LogP contribution is -2.17. The molecule has 2 nitrogen and oxygen atoms in total. The van der Waals surface area contributed by atoms with Crippen molar-refractivity contribution in [2.45, 2.75) is 26.4 Å². The summed E-state index contributed by atoms with van der Waals surface area (Å²) in [6.45, 7) is 5.03. The number of rotatable bonds is 4. The zero-order valence-electron chi connectivity index (χ0n) is 10.0. The molecular formula is C14H16INO. The van der Waals surface area contributed by atoms with E-state index in [1.54, 1.807) is 0 Å². The first-order chi connectivity index (χ1) is 8.15. The van der Waals surface area contributed by atoms with E-state index in [-0.39, 0.29) is 0 Å². The van der Waals surface area contributed by atoms with Gasteiger partial charge in [0.05, 0.1) is 6.54 Å². The van der Waals surface area contributed by atoms with Crippen molar-refractivity contribution >= 4 is 22.6 Å². The molecule has 90 valence electrons. The molecule has 1 N–H and O–H groups in total. The lowest BCUT2D eigenvalue weighted by atomic mass is 10.1. The van der Waals surface area contributed by atoms with Crippen LogP contribution in [0.1, 0.15) is 29.9 Å². The van der Waals surface area contributed by atoms with Crippen LogP contribution in [0.4, 0.5) is 0 Å². The predicted molar refractivity (Wildman–Crippen MR) is 77.9 cm³/mol. The Balaban J connectivity index is 1.93. The number of hydrogen-bond donors (Lipinski definition) is 1. The molecule has 2 aromatic rings. The normalized spacial score (nSPS) is 12.6. The second-order valence-corrected chi connectivity index (χ2v) is 5.28. The molecule has 0 amide bonds. The number of benzene rings is 1. The Morgan fingerprint density at radius 2 is 1.88 bits per heavy atom. The molecule has 0 saturated heterocycles. The number of hydrogen-bond acceptors (Lipinski definition) is 2. The highest BCUT2D eigenvalue weighted by Gasteiger charge is 2.06. The molecule has 1 atom stereocenters. The van der Waals surface area contributed by atoms with Crippen LogP contribution in [0.15, 0.2) is 40.8 Å². The second kappa shape index (κ2) is 5.69. The molecule has 0 radical (unpaired) electrons. The SMILES string of the molecule is Cc1ccc(C(C)NCc2ccc(I)o2)cc1. The Morgan fingerprint density at radius 1 is 1.18 bits per heavy atom. The van der Waals surface area contributed by atoms with Gasteiger partial charge in [-0.05, 0) is 54.1 Å². The van der Waals surface area contributed by atoms with Gasteiger partial charge in [0.1, 0.15) is 5.76 Å². The molecule has 3 heteroatoms. The van der Waals surface area contributed by atoms with Crippen LogP contribution in [0.25, 0.3) is 0 Å². The van der Waals surface area contributed by atoms with Gasteiger partial charge in [0.25, 0.3) is 0 Å². The molecule has 0 fully saturated rings. The first kappa shape index (κ1) is 12.6. The molecule has 1 aromatic carbocycles. The van der Waals surface area contributed by atoms with E-state index < -0.39 is 0 Å². The Kier molecular flexibility index (Phi) is 4.23. The Hall–Kier alpha value is -0.810. The van der Waals surface area contributed by atoms with Gasteiger partial charge in [-0.15, -0.1) is 0 Å². The van der Waals surface area contributed by atoms with Gasteiger partial charge in [-0.3, -0.25) is 0 Å². The second-order valence-electron chi connectivity index (χ2n) is 4.22. The van der Waals surface area contributed by atoms with Crippen LogP contribution in [-0.2, 0) is 6.54 Å². The molecule has 0 spiro atoms. The molecule has 1 unspecified atom stereocenters. The fourth-order valence-corrected chi connectivity index (χ4v) is 2.14. The lowest BCUT2D eigenvalue weighted by Gasteiger charge is -2.13. The molecule has 17 heavy (non-hydrogen) atoms. The summed E-state index contributed by atoms with van der Waals surface area (Å²) in [5.74, 6) is 0.980. The van der Waals surface area contributed by atoms with Gasteiger partial charge in [-0.2, -0.15) is 0 Å². The molecule has 0 bridgehead atoms. The van der Waals surface area contributed by atoms with Gasteiger partial charge in [-0.25, -0.2) is 0 Å². The van der Waals surface area contributed by atoms with E-state index in [1.165, 1.54) is 11.1 Å². The lowest BCUT2D eigenvalue weighted by molar-refractivity contribution is 0.445. The summed E-state index contributed by atoms with van der Waals surface area (Å²) >= 11 is 2.18. The third kappa shape index (κ3) is 3.57. The first-order valence-corrected chi connectivity index (χ1v) is 6.77. The number of nitrogens with one attached hydrogen (secondary N) is 1. The van der Waals surface area contributed by atoms with Gasteiger partial charge < -0.3 is 9.73 Å². The van der Waals surface area contributed by atoms with E-state index in [4.69, 9.17) is 4.42 Å². The van der Waals surface area contributed by atoms with E-state index in [9.17, 15) is 0 Å². The zero-order chi connectivity index (χ0) is 12.3. The standard InChI is InChI=1S/C14H16INO/c1-10-3-5-12(6-4-10)11(2)16-9-13-7-8-14(15)17-13/h3-8,11,16H,9H2,1-2H3. The van der Waals surface area contributed by atoms with E-state index in [0.29, 0.717) is 6.04 Å². The van der Waals surface area contributed by atoms with Crippen molar-refractivity contribution in [1.29, 1.82) is 0 Å². The summed E-state index contributed by atoms with van der Waals surface area (Å²) in [4.78, 5) is 0. The van der Waals surface area contributed by atoms with Crippen molar-refractivity contribution in [3.8, 4) is 0 Å². The van der Waals surface area contributed by atoms with Crippen LogP contribution in [-0.4, -0.2) is 0 Å². The van der Waals surface area contributed by atoms with Crippen LogP contribution in [0.3, 0.4) is 0 Å². The van der Waals surface area contributed by atoms with E-state index in [2.05, 4.69) is 66.0 Å². The topological polar surface area (TPSA) is 25.2 Å². The van der Waals surface area contributed by atoms with E-state index in [0.717, 1.165) is 16.1 Å². The van der Waals surface area contributed by atoms with E-state index in [1.807, 2.05) is 12.1 Å². The Morgan fingerprint density at radius 3 is 2.47 bits per heavy atom. The largest absolute Gasteiger partial charge is 0.454 e. The van der Waals surface area contributed by atoms with Crippen LogP contribution in [0, 0.1) is 10.7 Å². The van der Waals surface area contributed by atoms with Crippen LogP contribution in [0.2, 0.25) is 0 Å². The van der Waals surface area contributed by atoms with Gasteiger partial charge in [0, 0.05) is 6.04 Å². The smallest absolute Gasteiger partial charge is 0.164 e. The zero-order valence-corrected chi connectivity index (χ0v) is 12.2. The average molecular weight is 341 g/mol. The summed E-state index contributed by atoms with van der Waals surface area (Å²) in [7, 11) is 0. The maximum Gasteiger partial charge on any atom is 0.164 e. The summed E-state index contributed by atoms with van der Waals surface area (Å²) in [5, 5.41) is 3.45. The fraction of sp³-hybridized carbons (Fsp3) is 0.286. The molecule has 0 aliphatic rings. The summed E-state index contributed by atoms with van der Waals surface area (Å²) in [6, 6.07) is 12.9. The highest BCUT2D eigenvalue weighted by atomic mass is 127. The van der Waals surface area contributed by atoms with Gasteiger partial charge in [0.2, 0.25) is 0 Å². The fourth-order valence-electron chi connectivity index (χ4n) is 1.67. The van der Waals surface area contributed by atoms with Crippen LogP contribution < -0.4 is 5.32 Å². The van der Waals surface area contributed by atoms with Gasteiger partial charge in [0.15, 0.2) is 3.77 Å². The molecule has 0 aliphatic carbocycles. The first-order valence-electron chi connectivity index (χ1n) is 5.69. The number of aryl methyl sites for hydroxylation is 1. The molecule has 0 aliphatic heterocycles. The van der Waals surface area contributed by atoms with Crippen molar-refractivity contribution < 1.29 is 4.42 Å². The Labute approximate surface area is 116 Å². The minimum Gasteiger partial charge on any atom is -0.454 e. The molecule has 1 heterocycles. The monoisotopic (exact) mass is 341 g/mol. The van der Waals surface area contributed by atoms with Crippen molar-refractivity contribution in [2.24, 2.45) is 0 Å². The highest BCUT2D eigenvalue weighted by molar-refractivity contribution is 14.1. The van der Waals surface area contributed by atoms with E-state index >= 15 is 0 Å². The summed E-state index contributed by atoms with van der Waals surface area (Å²) < 4.78 is 6.45. The number of furan rings is 1. The maximum absolute atomic E-state index is 5.51. The molecule has 0 saturated carbocycles. The summed E-state index contributed by atoms with van der Waals surface area (Å²) in [5.41, 5.74) is 2.60. The quantitative estimate of drug-likeness (QED) is 0.849. The van der Waals surface area contributed by atoms with Crippen molar-refractivity contribution in [3.63, 3.8) is 0 Å². The van der Waals surface area contributed by atoms with Crippen molar-refractivity contribution in [1.82, 2.24) is 5.32 Å². The molecular weight excluding hydrogens is 325 g/mol. The maximum atomic E-state index is 5.51. The van der Waals surface area contributed by atoms with Gasteiger partial charge in [-0.1, -0.05) is 29.8 Å². The van der Waals surface area contributed by atoms with Crippen LogP contribution >= 0.6 is 22.6 Å². The molecule has 1 aromatic heterocycles. The summed E-state index contributed by atoms with van der Waals surface area (Å²) in [6.07, 6.45) is 0. The minimum absolute atomic E-state index is 0.332. The number of halogens is 1. The predicted octanol–water partition coefficient (Wildman–Crippen LogP) is 4.04. The van der Waals surface area contributed by atoms with Crippen molar-refractivity contribution in [2.75, 3.05) is 0 Å². The Bertz CT molecular complexity index is 475. The molecule has 2 rings (SSSR count). The third-order valence-electron chi connectivity index (χ3n) is 2.79. The third-order valence-corrected chi connectivity index (χ3v) is 3.37. The van der Waals surface area contributed by atoms with Crippen LogP contribution in [0.5, 0.6) is 0 Å². The minimum atomic E-state index is 0.332. The average Bonchev–Trinajstić information content (AvgIpc) is 2.73.